The Labute approximate surface area is 194 Å². The molecule has 0 fully saturated rings. The first-order valence-electron chi connectivity index (χ1n) is 9.60. The molecule has 0 saturated carbocycles. The minimum atomic E-state index is -0.644. The second kappa shape index (κ2) is 10.5. The van der Waals surface area contributed by atoms with E-state index in [2.05, 4.69) is 5.32 Å². The monoisotopic (exact) mass is 470 g/mol. The molecular weight excluding hydrogens is 452 g/mol. The topological polar surface area (TPSA) is 117 Å². The van der Waals surface area contributed by atoms with Crippen molar-refractivity contribution in [2.24, 2.45) is 0 Å². The standard InChI is InChI=1S/C23H19ClN2O7/c1-14(27)25-21-12-22(31-2)19(11-20(21)24)23(28)32-13-15-3-7-17(8-4-15)33-18-9-5-16(6-10-18)26(29)30/h3-12H,13H2,1-2H3,(H,25,27). The van der Waals surface area contributed by atoms with E-state index in [-0.39, 0.29) is 34.5 Å². The van der Waals surface area contributed by atoms with Crippen LogP contribution in [0.5, 0.6) is 17.2 Å². The van der Waals surface area contributed by atoms with Crippen molar-refractivity contribution in [3.8, 4) is 17.2 Å². The Kier molecular flexibility index (Phi) is 7.47. The number of non-ortho nitro benzene ring substituents is 1. The third-order valence-corrected chi connectivity index (χ3v) is 4.71. The number of hydrogen-bond donors (Lipinski definition) is 1. The molecule has 3 aromatic rings. The maximum atomic E-state index is 12.5. The molecule has 33 heavy (non-hydrogen) atoms. The summed E-state index contributed by atoms with van der Waals surface area (Å²) in [5, 5.41) is 13.4. The minimum Gasteiger partial charge on any atom is -0.496 e. The molecule has 0 saturated heterocycles. The van der Waals surface area contributed by atoms with Gasteiger partial charge in [-0.3, -0.25) is 14.9 Å². The highest BCUT2D eigenvalue weighted by Gasteiger charge is 2.18. The molecule has 1 amide bonds. The quantitative estimate of drug-likeness (QED) is 0.267. The van der Waals surface area contributed by atoms with Gasteiger partial charge in [-0.05, 0) is 35.9 Å². The molecule has 1 N–H and O–H groups in total. The summed E-state index contributed by atoms with van der Waals surface area (Å²) >= 11 is 6.15. The Morgan fingerprint density at radius 3 is 2.18 bits per heavy atom. The van der Waals surface area contributed by atoms with Crippen LogP contribution in [0.3, 0.4) is 0 Å². The largest absolute Gasteiger partial charge is 0.496 e. The van der Waals surface area contributed by atoms with Crippen LogP contribution in [0, 0.1) is 10.1 Å². The zero-order valence-corrected chi connectivity index (χ0v) is 18.4. The van der Waals surface area contributed by atoms with Crippen LogP contribution in [-0.4, -0.2) is 23.9 Å². The summed E-state index contributed by atoms with van der Waals surface area (Å²) < 4.78 is 16.2. The summed E-state index contributed by atoms with van der Waals surface area (Å²) in [5.74, 6) is 0.219. The van der Waals surface area contributed by atoms with Crippen LogP contribution in [0.4, 0.5) is 11.4 Å². The van der Waals surface area contributed by atoms with Gasteiger partial charge in [-0.15, -0.1) is 0 Å². The van der Waals surface area contributed by atoms with E-state index in [0.29, 0.717) is 22.7 Å². The molecule has 0 aliphatic heterocycles. The van der Waals surface area contributed by atoms with Gasteiger partial charge in [-0.1, -0.05) is 23.7 Å². The zero-order chi connectivity index (χ0) is 24.0. The van der Waals surface area contributed by atoms with Gasteiger partial charge in [0, 0.05) is 25.1 Å². The van der Waals surface area contributed by atoms with Crippen molar-refractivity contribution >= 4 is 34.9 Å². The van der Waals surface area contributed by atoms with E-state index in [1.165, 1.54) is 50.4 Å². The van der Waals surface area contributed by atoms with Crippen LogP contribution in [0.25, 0.3) is 0 Å². The third kappa shape index (κ3) is 6.20. The molecule has 0 spiro atoms. The molecule has 0 unspecified atom stereocenters. The van der Waals surface area contributed by atoms with Crippen molar-refractivity contribution in [1.82, 2.24) is 0 Å². The third-order valence-electron chi connectivity index (χ3n) is 4.40. The second-order valence-electron chi connectivity index (χ2n) is 6.79. The molecule has 0 heterocycles. The first kappa shape index (κ1) is 23.6. The highest BCUT2D eigenvalue weighted by molar-refractivity contribution is 6.34. The van der Waals surface area contributed by atoms with Gasteiger partial charge in [0.15, 0.2) is 0 Å². The molecule has 0 bridgehead atoms. The predicted molar refractivity (Wildman–Crippen MR) is 121 cm³/mol. The smallest absolute Gasteiger partial charge is 0.342 e. The molecule has 10 heteroatoms. The van der Waals surface area contributed by atoms with Crippen LogP contribution in [-0.2, 0) is 16.1 Å². The van der Waals surface area contributed by atoms with Gasteiger partial charge in [-0.25, -0.2) is 4.79 Å². The average molecular weight is 471 g/mol. The summed E-state index contributed by atoms with van der Waals surface area (Å²) in [5.41, 5.74) is 1.12. The lowest BCUT2D eigenvalue weighted by Gasteiger charge is -2.13. The van der Waals surface area contributed by atoms with Crippen molar-refractivity contribution in [2.75, 3.05) is 12.4 Å². The first-order chi connectivity index (χ1) is 15.8. The number of nitro benzene ring substituents is 1. The Hall–Kier alpha value is -4.11. The summed E-state index contributed by atoms with van der Waals surface area (Å²) in [4.78, 5) is 34.0. The number of rotatable bonds is 8. The maximum absolute atomic E-state index is 12.5. The SMILES string of the molecule is COc1cc(NC(C)=O)c(Cl)cc1C(=O)OCc1ccc(Oc2ccc([N+](=O)[O-])cc2)cc1. The number of methoxy groups -OCH3 is 1. The highest BCUT2D eigenvalue weighted by atomic mass is 35.5. The van der Waals surface area contributed by atoms with Crippen LogP contribution in [0.15, 0.2) is 60.7 Å². The molecule has 9 nitrogen and oxygen atoms in total. The number of ether oxygens (including phenoxy) is 3. The van der Waals surface area contributed by atoms with Crippen LogP contribution in [0.2, 0.25) is 5.02 Å². The fraction of sp³-hybridized carbons (Fsp3) is 0.130. The lowest BCUT2D eigenvalue weighted by molar-refractivity contribution is -0.384. The van der Waals surface area contributed by atoms with Crippen LogP contribution >= 0.6 is 11.6 Å². The molecule has 0 radical (unpaired) electrons. The van der Waals surface area contributed by atoms with Gasteiger partial charge in [0.1, 0.15) is 29.4 Å². The number of hydrogen-bond acceptors (Lipinski definition) is 7. The highest BCUT2D eigenvalue weighted by Crippen LogP contribution is 2.32. The van der Waals surface area contributed by atoms with E-state index in [1.54, 1.807) is 24.3 Å². The van der Waals surface area contributed by atoms with Gasteiger partial charge in [0.05, 0.1) is 22.7 Å². The van der Waals surface area contributed by atoms with Crippen molar-refractivity contribution in [3.63, 3.8) is 0 Å². The number of nitro groups is 1. The lowest BCUT2D eigenvalue weighted by atomic mass is 10.1. The maximum Gasteiger partial charge on any atom is 0.342 e. The normalized spacial score (nSPS) is 10.3. The number of nitrogens with zero attached hydrogens (tertiary/aromatic N) is 1. The van der Waals surface area contributed by atoms with Gasteiger partial charge < -0.3 is 19.5 Å². The summed E-state index contributed by atoms with van der Waals surface area (Å²) in [6, 6.07) is 15.3. The Morgan fingerprint density at radius 2 is 1.64 bits per heavy atom. The second-order valence-corrected chi connectivity index (χ2v) is 7.19. The van der Waals surface area contributed by atoms with Crippen LogP contribution < -0.4 is 14.8 Å². The number of esters is 1. The number of amides is 1. The molecule has 0 atom stereocenters. The first-order valence-corrected chi connectivity index (χ1v) is 9.98. The summed E-state index contributed by atoms with van der Waals surface area (Å²) in [6.45, 7) is 1.33. The molecule has 170 valence electrons. The number of carbonyl (C=O) groups excluding carboxylic acids is 2. The Morgan fingerprint density at radius 1 is 1.03 bits per heavy atom. The van der Waals surface area contributed by atoms with E-state index in [9.17, 15) is 19.7 Å². The molecule has 3 rings (SSSR count). The summed E-state index contributed by atoms with van der Waals surface area (Å²) in [7, 11) is 1.39. The Bertz CT molecular complexity index is 1180. The zero-order valence-electron chi connectivity index (χ0n) is 17.7. The molecule has 0 aromatic heterocycles. The molecule has 0 aliphatic rings. The number of anilines is 1. The minimum absolute atomic E-state index is 0.00906. The lowest BCUT2D eigenvalue weighted by Crippen LogP contribution is -2.10. The van der Waals surface area contributed by atoms with Crippen molar-refractivity contribution < 1.29 is 28.7 Å². The Balaban J connectivity index is 1.63. The van der Waals surface area contributed by atoms with E-state index in [1.807, 2.05) is 0 Å². The van der Waals surface area contributed by atoms with E-state index in [0.717, 1.165) is 0 Å². The predicted octanol–water partition coefficient (Wildman–Crippen LogP) is 5.36. The van der Waals surface area contributed by atoms with E-state index >= 15 is 0 Å². The molecule has 3 aromatic carbocycles. The van der Waals surface area contributed by atoms with Gasteiger partial charge in [0.25, 0.3) is 5.69 Å². The van der Waals surface area contributed by atoms with Gasteiger partial charge in [0.2, 0.25) is 5.91 Å². The van der Waals surface area contributed by atoms with Gasteiger partial charge >= 0.3 is 5.97 Å². The number of benzene rings is 3. The number of nitrogens with one attached hydrogen (secondary N) is 1. The fourth-order valence-electron chi connectivity index (χ4n) is 2.82. The van der Waals surface area contributed by atoms with E-state index < -0.39 is 10.9 Å². The number of carbonyl (C=O) groups is 2. The molecular formula is C23H19ClN2O7. The summed E-state index contributed by atoms with van der Waals surface area (Å²) in [6.07, 6.45) is 0. The average Bonchev–Trinajstić information content (AvgIpc) is 2.79. The fourth-order valence-corrected chi connectivity index (χ4v) is 3.03. The van der Waals surface area contributed by atoms with E-state index in [4.69, 9.17) is 25.8 Å². The van der Waals surface area contributed by atoms with Crippen LogP contribution in [0.1, 0.15) is 22.8 Å². The van der Waals surface area contributed by atoms with Crippen molar-refractivity contribution in [1.29, 1.82) is 0 Å². The van der Waals surface area contributed by atoms with Crippen molar-refractivity contribution in [2.45, 2.75) is 13.5 Å². The number of halogens is 1. The van der Waals surface area contributed by atoms with Gasteiger partial charge in [-0.2, -0.15) is 0 Å². The van der Waals surface area contributed by atoms with Crippen molar-refractivity contribution in [3.05, 3.63) is 86.9 Å². The molecule has 0 aliphatic carbocycles.